The van der Waals surface area contributed by atoms with Gasteiger partial charge in [-0.2, -0.15) is 57.0 Å². The molecule has 1 aromatic heterocycles. The van der Waals surface area contributed by atoms with E-state index in [4.69, 9.17) is 4.74 Å². The fourth-order valence-electron chi connectivity index (χ4n) is 27.8. The van der Waals surface area contributed by atoms with Crippen LogP contribution < -0.4 is 0 Å². The summed E-state index contributed by atoms with van der Waals surface area (Å²) >= 11 is 0.918. The van der Waals surface area contributed by atoms with Gasteiger partial charge in [0, 0.05) is 17.4 Å². The summed E-state index contributed by atoms with van der Waals surface area (Å²) in [6.45, 7) is 0. The molecule has 31 atom stereocenters. The third kappa shape index (κ3) is 3.86. The molecule has 20 rings (SSSR count). The number of ether oxygens (including phenoxy) is 1. The molecule has 2 aromatic rings. The summed E-state index contributed by atoms with van der Waals surface area (Å²) < 4.78 is 158. The minimum Gasteiger partial charge on any atom is -0.469 e. The van der Waals surface area contributed by atoms with E-state index in [-0.39, 0.29) is 47.2 Å². The zero-order valence-electron chi connectivity index (χ0n) is 39.4. The number of aromatic nitrogens is 2. The predicted octanol–water partition coefficient (Wildman–Crippen LogP) is 12.6. The number of methoxy groups -OCH3 is 1. The Kier molecular flexibility index (Phi) is 6.98. The van der Waals surface area contributed by atoms with Gasteiger partial charge in [0.2, 0.25) is 0 Å². The highest BCUT2D eigenvalue weighted by molar-refractivity contribution is 7.58. The van der Waals surface area contributed by atoms with Gasteiger partial charge in [0.15, 0.2) is 0 Å². The van der Waals surface area contributed by atoms with Crippen LogP contribution in [-0.2, 0) is 32.2 Å². The molecule has 0 bridgehead atoms. The van der Waals surface area contributed by atoms with E-state index in [0.717, 1.165) is 65.6 Å². The van der Waals surface area contributed by atoms with Crippen molar-refractivity contribution in [1.82, 2.24) is 8.75 Å². The van der Waals surface area contributed by atoms with E-state index in [0.29, 0.717) is 130 Å². The molecule has 17 aliphatic carbocycles. The summed E-state index contributed by atoms with van der Waals surface area (Å²) in [5, 5.41) is 0. The molecule has 13 fully saturated rings. The molecule has 0 saturated heterocycles. The first-order valence-corrected chi connectivity index (χ1v) is 29.3. The normalized spacial score (nSPS) is 56.6. The Morgan fingerprint density at radius 2 is 1.10 bits per heavy atom. The second-order valence-corrected chi connectivity index (χ2v) is 28.6. The average molecular weight is 1050 g/mol. The molecule has 2 heterocycles. The Morgan fingerprint density at radius 3 is 1.81 bits per heavy atom. The van der Waals surface area contributed by atoms with Gasteiger partial charge < -0.3 is 4.74 Å². The lowest BCUT2D eigenvalue weighted by Gasteiger charge is -2.61. The Morgan fingerprint density at radius 1 is 0.575 bits per heavy atom. The maximum Gasteiger partial charge on any atom is 0.460 e. The van der Waals surface area contributed by atoms with Gasteiger partial charge in [-0.1, -0.05) is 35.5 Å². The van der Waals surface area contributed by atoms with Gasteiger partial charge in [-0.25, -0.2) is 0 Å². The van der Waals surface area contributed by atoms with Crippen molar-refractivity contribution in [3.8, 4) is 0 Å². The largest absolute Gasteiger partial charge is 0.469 e. The van der Waals surface area contributed by atoms with Gasteiger partial charge in [-0.15, -0.1) is 0 Å². The summed E-state index contributed by atoms with van der Waals surface area (Å²) in [5.41, 5.74) is -0.289. The molecule has 73 heavy (non-hydrogen) atoms. The number of carbonyl (C=O) groups is 1. The molecular weight excluding hydrogens is 996 g/mol. The Balaban J connectivity index is 0.845. The van der Waals surface area contributed by atoms with E-state index < -0.39 is 52.1 Å². The molecule has 0 radical (unpaired) electrons. The molecule has 0 amide bonds. The topological polar surface area (TPSA) is 76.8 Å². The molecule has 31 unspecified atom stereocenters. The number of allylic oxidation sites excluding steroid dienone is 6. The van der Waals surface area contributed by atoms with Gasteiger partial charge in [0.1, 0.15) is 22.4 Å². The lowest BCUT2D eigenvalue weighted by molar-refractivity contribution is -0.399. The molecule has 1 aliphatic heterocycles. The molecule has 0 spiro atoms. The van der Waals surface area contributed by atoms with Crippen molar-refractivity contribution < 1.29 is 49.0 Å². The van der Waals surface area contributed by atoms with E-state index in [1.54, 1.807) is 0 Å². The number of alkyl halides is 9. The molecule has 1 aromatic carbocycles. The van der Waals surface area contributed by atoms with Crippen LogP contribution in [0.5, 0.6) is 0 Å². The molecule has 0 N–H and O–H groups in total. The van der Waals surface area contributed by atoms with Crippen LogP contribution in [-0.4, -0.2) is 39.8 Å². The molecule has 6 nitrogen and oxygen atoms in total. The SMILES string of the molecule is COC(=O)CCCC1(c2c3c(c(C(F)(F)C(F)(F)C(F)(F)C(F)(F)F)c4nsnc24)N=S=N3)C2C3C4C=CC5C6C=CC7C8CCC9C%10CCC%11C%12C%10C%10C9C8C8C9C%13=C(C6C78)C5C4C4C%13C(C9%10)C%12C(C43)C%11C21. The van der Waals surface area contributed by atoms with E-state index >= 15 is 17.6 Å². The lowest BCUT2D eigenvalue weighted by atomic mass is 9.43. The number of carbonyl (C=O) groups excluding carboxylic acids is 1. The quantitative estimate of drug-likeness (QED) is 0.128. The number of hydrogen-bond acceptors (Lipinski definition) is 7. The summed E-state index contributed by atoms with van der Waals surface area (Å²) in [6.07, 6.45) is 9.83. The predicted molar refractivity (Wildman–Crippen MR) is 245 cm³/mol. The summed E-state index contributed by atoms with van der Waals surface area (Å²) in [7, 11) is 1.35. The van der Waals surface area contributed by atoms with Gasteiger partial charge >= 0.3 is 29.9 Å². The fraction of sp³-hybridized carbons (Fsp3) is 0.768. The van der Waals surface area contributed by atoms with Crippen LogP contribution in [0.4, 0.5) is 50.9 Å². The number of halogens is 9. The number of nitrogens with zero attached hydrogens (tertiary/aromatic N) is 4. The second-order valence-electron chi connectivity index (χ2n) is 27.6. The highest BCUT2D eigenvalue weighted by Gasteiger charge is 2.91. The van der Waals surface area contributed by atoms with Crippen molar-refractivity contribution in [3.63, 3.8) is 0 Å². The minimum absolute atomic E-state index is 0.00856. The van der Waals surface area contributed by atoms with Gasteiger partial charge in [-0.3, -0.25) is 4.79 Å². The first-order valence-electron chi connectivity index (χ1n) is 27.9. The maximum atomic E-state index is 16.7. The first-order chi connectivity index (χ1) is 35.1. The average Bonchev–Trinajstić information content (AvgIpc) is 4.30. The van der Waals surface area contributed by atoms with E-state index in [9.17, 15) is 26.7 Å². The van der Waals surface area contributed by atoms with Crippen molar-refractivity contribution in [2.45, 2.75) is 74.3 Å². The summed E-state index contributed by atoms with van der Waals surface area (Å²) in [6, 6.07) is 0. The Hall–Kier alpha value is -3.08. The van der Waals surface area contributed by atoms with Crippen molar-refractivity contribution in [2.75, 3.05) is 7.11 Å². The standard InChI is InChI=1S/C56H51F9N4O2S2/c1-71-21(70)3-2-12-52(46-48-50(68-72-66-48)47(51-49(46)67-73-69-51)53(57,58)54(59,60)55(61,62)56(63,64)65)44-30-19-10-8-17-15-6-4-13-14-5-7-16-18-9-11-20-29-27(18)34-25(16)23(14)32-22(13)24(15)33-26(17)28(19)35-37(30)38(31(20)45(44)52)36(29)43-41(34)39(32)40(33)42(35)43/h4,6,8,10,13-20,22-32,34-39,41-45H,2-3,5,7,9,11-12H2,1H3. The second kappa shape index (κ2) is 12.1. The van der Waals surface area contributed by atoms with Crippen molar-refractivity contribution in [3.05, 3.63) is 46.6 Å². The van der Waals surface area contributed by atoms with E-state index in [1.165, 1.54) is 26.4 Å². The van der Waals surface area contributed by atoms with Crippen molar-refractivity contribution in [1.29, 1.82) is 0 Å². The minimum atomic E-state index is -7.10. The van der Waals surface area contributed by atoms with Crippen LogP contribution in [0.2, 0.25) is 0 Å². The molecular formula is C56H51F9N4O2S2. The number of rotatable bonds is 8. The smallest absolute Gasteiger partial charge is 0.460 e. The van der Waals surface area contributed by atoms with Crippen LogP contribution in [0.15, 0.2) is 44.2 Å². The number of benzene rings is 1. The molecule has 382 valence electrons. The molecule has 13 saturated carbocycles. The molecule has 17 heteroatoms. The highest BCUT2D eigenvalue weighted by atomic mass is 32.1. The van der Waals surface area contributed by atoms with Crippen molar-refractivity contribution >= 4 is 51.5 Å². The first kappa shape index (κ1) is 42.0. The molecule has 18 aliphatic rings. The third-order valence-corrected chi connectivity index (χ3v) is 28.7. The van der Waals surface area contributed by atoms with Crippen LogP contribution in [0.1, 0.15) is 56.1 Å². The summed E-state index contributed by atoms with van der Waals surface area (Å²) in [4.78, 5) is 13.1. The van der Waals surface area contributed by atoms with E-state index in [2.05, 4.69) is 41.8 Å². The van der Waals surface area contributed by atoms with E-state index in [1.807, 2.05) is 11.1 Å². The number of esters is 1. The monoisotopic (exact) mass is 1050 g/mol. The van der Waals surface area contributed by atoms with Crippen LogP contribution in [0, 0.1) is 178 Å². The Bertz CT molecular complexity index is 3240. The zero-order chi connectivity index (χ0) is 48.7. The van der Waals surface area contributed by atoms with Gasteiger partial charge in [0.25, 0.3) is 0 Å². The number of hydrogen-bond donors (Lipinski definition) is 0. The number of fused-ring (bicyclic) bond motifs is 10. The highest BCUT2D eigenvalue weighted by Crippen LogP contribution is 2.94. The Labute approximate surface area is 421 Å². The third-order valence-electron chi connectivity index (χ3n) is 27.6. The fourth-order valence-corrected chi connectivity index (χ4v) is 29.0. The summed E-state index contributed by atoms with van der Waals surface area (Å²) in [5.74, 6) is -3.49. The maximum absolute atomic E-state index is 16.7. The van der Waals surface area contributed by atoms with Crippen LogP contribution in [0.25, 0.3) is 11.0 Å². The zero-order valence-corrected chi connectivity index (χ0v) is 41.0. The lowest BCUT2D eigenvalue weighted by Crippen LogP contribution is -2.59. The van der Waals surface area contributed by atoms with Crippen LogP contribution >= 0.6 is 11.7 Å². The van der Waals surface area contributed by atoms with Crippen LogP contribution in [0.3, 0.4) is 0 Å². The van der Waals surface area contributed by atoms with Gasteiger partial charge in [0.05, 0.1) is 35.8 Å². The van der Waals surface area contributed by atoms with Gasteiger partial charge in [-0.05, 0) is 216 Å². The van der Waals surface area contributed by atoms with Crippen molar-refractivity contribution in [2.24, 2.45) is 186 Å².